The lowest BCUT2D eigenvalue weighted by Gasteiger charge is -2.38. The molecule has 2 aliphatic rings. The quantitative estimate of drug-likeness (QED) is 0.260. The van der Waals surface area contributed by atoms with Gasteiger partial charge < -0.3 is 19.6 Å². The third kappa shape index (κ3) is 9.50. The standard InChI is InChI=1S/C26H30N4S8/c31-23(35-19-21-7-3-1-4-8-21)27-11-15-29(16-12-27)25(33)37-38-26(34)30-17-13-28(14-18-30)24(32)36-20-22-9-5-2-6-10-22/h1-10H,11-20H2. The first-order valence-corrected chi connectivity index (χ1v) is 18.1. The molecule has 202 valence electrons. The number of hydrogen-bond acceptors (Lipinski definition) is 8. The van der Waals surface area contributed by atoms with Crippen molar-refractivity contribution in [3.8, 4) is 0 Å². The summed E-state index contributed by atoms with van der Waals surface area (Å²) in [7, 11) is 3.21. The number of benzene rings is 2. The molecule has 2 fully saturated rings. The highest BCUT2D eigenvalue weighted by atomic mass is 33.1. The Morgan fingerprint density at radius 1 is 0.474 bits per heavy atom. The lowest BCUT2D eigenvalue weighted by atomic mass is 10.2. The second-order valence-corrected chi connectivity index (χ2v) is 15.3. The van der Waals surface area contributed by atoms with Crippen molar-refractivity contribution in [3.05, 3.63) is 71.8 Å². The molecule has 4 rings (SSSR count). The minimum atomic E-state index is 0.891. The molecule has 0 aliphatic carbocycles. The number of hydrogen-bond donors (Lipinski definition) is 0. The summed E-state index contributed by atoms with van der Waals surface area (Å²) in [4.78, 5) is 9.15. The molecule has 2 saturated heterocycles. The summed E-state index contributed by atoms with van der Waals surface area (Å²) >= 11 is 26.3. The highest BCUT2D eigenvalue weighted by Gasteiger charge is 2.24. The molecule has 0 radical (unpaired) electrons. The molecule has 4 nitrogen and oxygen atoms in total. The van der Waals surface area contributed by atoms with Crippen molar-refractivity contribution in [2.45, 2.75) is 11.5 Å². The summed E-state index contributed by atoms with van der Waals surface area (Å²) in [5.41, 5.74) is 2.60. The maximum Gasteiger partial charge on any atom is 0.147 e. The van der Waals surface area contributed by atoms with E-state index in [0.717, 1.165) is 81.1 Å². The largest absolute Gasteiger partial charge is 0.354 e. The second-order valence-electron chi connectivity index (χ2n) is 8.73. The molecular weight excluding hydrogens is 625 g/mol. The molecule has 2 heterocycles. The topological polar surface area (TPSA) is 13.0 Å². The molecule has 12 heteroatoms. The minimum Gasteiger partial charge on any atom is -0.354 e. The van der Waals surface area contributed by atoms with E-state index in [-0.39, 0.29) is 0 Å². The van der Waals surface area contributed by atoms with Crippen molar-refractivity contribution >= 4 is 111 Å². The summed E-state index contributed by atoms with van der Waals surface area (Å²) < 4.78 is 3.74. The van der Waals surface area contributed by atoms with Gasteiger partial charge in [0.2, 0.25) is 0 Å². The summed E-state index contributed by atoms with van der Waals surface area (Å²) in [5.74, 6) is 1.82. The van der Waals surface area contributed by atoms with Gasteiger partial charge in [0.05, 0.1) is 0 Å². The van der Waals surface area contributed by atoms with E-state index in [4.69, 9.17) is 48.9 Å². The SMILES string of the molecule is S=C(SCc1ccccc1)N1CCN(C(=S)SSC(=S)N2CCN(C(=S)SCc3ccccc3)CC2)CC1. The molecule has 0 N–H and O–H groups in total. The third-order valence-electron chi connectivity index (χ3n) is 6.19. The first-order valence-electron chi connectivity index (χ1n) is 12.3. The molecule has 0 atom stereocenters. The normalized spacial score (nSPS) is 15.9. The van der Waals surface area contributed by atoms with Crippen LogP contribution in [0.15, 0.2) is 60.7 Å². The van der Waals surface area contributed by atoms with Crippen LogP contribution in [-0.2, 0) is 11.5 Å². The number of piperazine rings is 2. The average Bonchev–Trinajstić information content (AvgIpc) is 2.98. The molecule has 38 heavy (non-hydrogen) atoms. The highest BCUT2D eigenvalue weighted by Crippen LogP contribution is 2.30. The molecule has 2 aromatic rings. The Morgan fingerprint density at radius 3 is 1.08 bits per heavy atom. The molecule has 0 bridgehead atoms. The smallest absolute Gasteiger partial charge is 0.147 e. The van der Waals surface area contributed by atoms with Crippen LogP contribution < -0.4 is 0 Å². The van der Waals surface area contributed by atoms with E-state index in [1.165, 1.54) is 11.1 Å². The van der Waals surface area contributed by atoms with E-state index in [9.17, 15) is 0 Å². The molecular formula is C26H30N4S8. The first-order chi connectivity index (χ1) is 18.5. The maximum absolute atomic E-state index is 5.74. The van der Waals surface area contributed by atoms with Crippen LogP contribution in [0.4, 0.5) is 0 Å². The molecule has 0 spiro atoms. The molecule has 0 unspecified atom stereocenters. The Kier molecular flexibility index (Phi) is 12.8. The minimum absolute atomic E-state index is 0.891. The Morgan fingerprint density at radius 2 is 0.763 bits per heavy atom. The Balaban J connectivity index is 1.10. The number of thiocarbonyl (C=S) groups is 4. The predicted molar refractivity (Wildman–Crippen MR) is 187 cm³/mol. The van der Waals surface area contributed by atoms with E-state index in [1.807, 2.05) is 12.1 Å². The van der Waals surface area contributed by atoms with Gasteiger partial charge in [-0.1, -0.05) is 133 Å². The summed E-state index contributed by atoms with van der Waals surface area (Å²) in [6, 6.07) is 21.0. The number of thioether (sulfide) groups is 2. The van der Waals surface area contributed by atoms with Crippen molar-refractivity contribution in [1.82, 2.24) is 19.6 Å². The zero-order chi connectivity index (χ0) is 26.7. The van der Waals surface area contributed by atoms with Crippen LogP contribution in [0.5, 0.6) is 0 Å². The molecule has 0 amide bonds. The van der Waals surface area contributed by atoms with Crippen molar-refractivity contribution in [1.29, 1.82) is 0 Å². The van der Waals surface area contributed by atoms with Gasteiger partial charge in [0, 0.05) is 63.9 Å². The van der Waals surface area contributed by atoms with Crippen molar-refractivity contribution < 1.29 is 0 Å². The zero-order valence-corrected chi connectivity index (χ0v) is 27.4. The third-order valence-corrected chi connectivity index (χ3v) is 13.1. The van der Waals surface area contributed by atoms with Crippen molar-refractivity contribution in [3.63, 3.8) is 0 Å². The fourth-order valence-electron chi connectivity index (χ4n) is 3.94. The van der Waals surface area contributed by atoms with Crippen LogP contribution in [0.25, 0.3) is 0 Å². The Labute approximate surface area is 264 Å². The monoisotopic (exact) mass is 654 g/mol. The summed E-state index contributed by atoms with van der Waals surface area (Å²) in [6.07, 6.45) is 0. The molecule has 2 aromatic carbocycles. The maximum atomic E-state index is 5.74. The van der Waals surface area contributed by atoms with Gasteiger partial charge in [-0.25, -0.2) is 0 Å². The second kappa shape index (κ2) is 16.0. The predicted octanol–water partition coefficient (Wildman–Crippen LogP) is 6.61. The van der Waals surface area contributed by atoms with E-state index >= 15 is 0 Å². The van der Waals surface area contributed by atoms with E-state index in [0.29, 0.717) is 0 Å². The van der Waals surface area contributed by atoms with Gasteiger partial charge in [-0.15, -0.1) is 0 Å². The first kappa shape index (κ1) is 30.4. The van der Waals surface area contributed by atoms with Gasteiger partial charge in [0.15, 0.2) is 0 Å². The fourth-order valence-corrected chi connectivity index (χ4v) is 9.11. The van der Waals surface area contributed by atoms with Crippen LogP contribution in [0.1, 0.15) is 11.1 Å². The van der Waals surface area contributed by atoms with Gasteiger partial charge in [0.1, 0.15) is 17.3 Å². The lowest BCUT2D eigenvalue weighted by Crippen LogP contribution is -2.49. The van der Waals surface area contributed by atoms with E-state index in [2.05, 4.69) is 68.1 Å². The Bertz CT molecular complexity index is 997. The average molecular weight is 655 g/mol. The van der Waals surface area contributed by atoms with Crippen LogP contribution in [0.2, 0.25) is 0 Å². The summed E-state index contributed by atoms with van der Waals surface area (Å²) in [6.45, 7) is 7.18. The lowest BCUT2D eigenvalue weighted by molar-refractivity contribution is 0.271. The molecule has 2 aliphatic heterocycles. The molecule has 0 aromatic heterocycles. The summed E-state index contributed by atoms with van der Waals surface area (Å²) in [5, 5.41) is 0. The number of rotatable bonds is 4. The van der Waals surface area contributed by atoms with Crippen LogP contribution in [0, 0.1) is 0 Å². The van der Waals surface area contributed by atoms with E-state index < -0.39 is 0 Å². The van der Waals surface area contributed by atoms with Crippen molar-refractivity contribution in [2.24, 2.45) is 0 Å². The van der Waals surface area contributed by atoms with Gasteiger partial charge >= 0.3 is 0 Å². The van der Waals surface area contributed by atoms with Crippen LogP contribution >= 0.6 is 94.0 Å². The van der Waals surface area contributed by atoms with Crippen molar-refractivity contribution in [2.75, 3.05) is 52.4 Å². The van der Waals surface area contributed by atoms with Gasteiger partial charge in [-0.3, -0.25) is 0 Å². The van der Waals surface area contributed by atoms with Gasteiger partial charge in [0.25, 0.3) is 0 Å². The zero-order valence-electron chi connectivity index (χ0n) is 20.9. The highest BCUT2D eigenvalue weighted by molar-refractivity contribution is 8.89. The fraction of sp³-hybridized carbons (Fsp3) is 0.385. The van der Waals surface area contributed by atoms with E-state index in [1.54, 1.807) is 45.1 Å². The number of nitrogens with zero attached hydrogens (tertiary/aromatic N) is 4. The Hall–Kier alpha value is -0.600. The van der Waals surface area contributed by atoms with Gasteiger partial charge in [-0.05, 0) is 32.7 Å². The molecule has 0 saturated carbocycles. The van der Waals surface area contributed by atoms with Crippen LogP contribution in [0.3, 0.4) is 0 Å². The van der Waals surface area contributed by atoms with Gasteiger partial charge in [-0.2, -0.15) is 0 Å². The van der Waals surface area contributed by atoms with Crippen LogP contribution in [-0.4, -0.2) is 89.2 Å².